The highest BCUT2D eigenvalue weighted by Gasteiger charge is 2.10. The third-order valence-electron chi connectivity index (χ3n) is 2.45. The number of rotatable bonds is 2. The van der Waals surface area contributed by atoms with Crippen molar-refractivity contribution in [2.45, 2.75) is 26.7 Å². The molecule has 0 radical (unpaired) electrons. The first-order valence-electron chi connectivity index (χ1n) is 4.94. The topological polar surface area (TPSA) is 23.5 Å². The molecule has 1 N–H and O–H groups in total. The fraction of sp³-hybridized carbons (Fsp3) is 0.500. The minimum Gasteiger partial charge on any atom is -0.508 e. The fourth-order valence-corrected chi connectivity index (χ4v) is 1.64. The van der Waals surface area contributed by atoms with Crippen molar-refractivity contribution in [1.29, 1.82) is 0 Å². The first kappa shape index (κ1) is 10.9. The molecule has 0 aliphatic rings. The van der Waals surface area contributed by atoms with Crippen LogP contribution in [0.5, 0.6) is 5.75 Å². The largest absolute Gasteiger partial charge is 0.508 e. The lowest BCUT2D eigenvalue weighted by Gasteiger charge is -2.19. The lowest BCUT2D eigenvalue weighted by Crippen LogP contribution is -2.10. The molecular weight excluding hydrogens is 174 g/mol. The Bertz CT molecular complexity index is 300. The summed E-state index contributed by atoms with van der Waals surface area (Å²) in [6, 6.07) is 3.90. The molecule has 0 aliphatic carbocycles. The van der Waals surface area contributed by atoms with E-state index in [1.54, 1.807) is 0 Å². The highest BCUT2D eigenvalue weighted by Crippen LogP contribution is 2.32. The fourth-order valence-electron chi connectivity index (χ4n) is 1.64. The second-order valence-electron chi connectivity index (χ2n) is 4.25. The van der Waals surface area contributed by atoms with E-state index in [-0.39, 0.29) is 0 Å². The van der Waals surface area contributed by atoms with E-state index in [1.807, 2.05) is 27.1 Å². The highest BCUT2D eigenvalue weighted by atomic mass is 16.3. The van der Waals surface area contributed by atoms with Gasteiger partial charge < -0.3 is 10.0 Å². The molecule has 0 spiro atoms. The van der Waals surface area contributed by atoms with E-state index < -0.39 is 0 Å². The van der Waals surface area contributed by atoms with Gasteiger partial charge in [0.05, 0.1) is 0 Å². The van der Waals surface area contributed by atoms with Crippen molar-refractivity contribution in [3.8, 4) is 5.75 Å². The average molecular weight is 193 g/mol. The predicted octanol–water partition coefficient (Wildman–Crippen LogP) is 2.89. The predicted molar refractivity (Wildman–Crippen MR) is 61.3 cm³/mol. The Hall–Kier alpha value is -1.18. The lowest BCUT2D eigenvalue weighted by atomic mass is 9.99. The molecule has 0 heterocycles. The van der Waals surface area contributed by atoms with Gasteiger partial charge in [0, 0.05) is 19.8 Å². The Kier molecular flexibility index (Phi) is 3.04. The van der Waals surface area contributed by atoms with Crippen LogP contribution in [-0.2, 0) is 0 Å². The summed E-state index contributed by atoms with van der Waals surface area (Å²) in [7, 11) is 4.03. The maximum atomic E-state index is 9.75. The molecule has 0 saturated heterocycles. The van der Waals surface area contributed by atoms with Crippen molar-refractivity contribution in [2.24, 2.45) is 0 Å². The van der Waals surface area contributed by atoms with Crippen molar-refractivity contribution in [3.05, 3.63) is 23.3 Å². The molecule has 0 unspecified atom stereocenters. The van der Waals surface area contributed by atoms with Crippen molar-refractivity contribution >= 4 is 5.69 Å². The molecule has 2 nitrogen and oxygen atoms in total. The van der Waals surface area contributed by atoms with E-state index in [1.165, 1.54) is 5.69 Å². The number of aryl methyl sites for hydroxylation is 1. The second-order valence-corrected chi connectivity index (χ2v) is 4.25. The summed E-state index contributed by atoms with van der Waals surface area (Å²) >= 11 is 0. The molecule has 14 heavy (non-hydrogen) atoms. The molecular formula is C12H19NO. The van der Waals surface area contributed by atoms with E-state index in [0.29, 0.717) is 11.7 Å². The zero-order valence-electron chi connectivity index (χ0n) is 9.63. The van der Waals surface area contributed by atoms with Crippen molar-refractivity contribution in [2.75, 3.05) is 19.0 Å². The van der Waals surface area contributed by atoms with Gasteiger partial charge in [0.2, 0.25) is 0 Å². The van der Waals surface area contributed by atoms with E-state index >= 15 is 0 Å². The summed E-state index contributed by atoms with van der Waals surface area (Å²) in [5.41, 5.74) is 3.29. The van der Waals surface area contributed by atoms with Crippen LogP contribution in [0.15, 0.2) is 12.1 Å². The van der Waals surface area contributed by atoms with Crippen LogP contribution < -0.4 is 4.90 Å². The van der Waals surface area contributed by atoms with Crippen LogP contribution >= 0.6 is 0 Å². The second kappa shape index (κ2) is 3.91. The van der Waals surface area contributed by atoms with Crippen LogP contribution in [0.25, 0.3) is 0 Å². The van der Waals surface area contributed by atoms with Gasteiger partial charge in [-0.2, -0.15) is 0 Å². The maximum Gasteiger partial charge on any atom is 0.119 e. The monoisotopic (exact) mass is 193 g/mol. The first-order chi connectivity index (χ1) is 6.43. The maximum absolute atomic E-state index is 9.75. The molecule has 78 valence electrons. The summed E-state index contributed by atoms with van der Waals surface area (Å²) in [5.74, 6) is 0.761. The molecule has 0 atom stereocenters. The quantitative estimate of drug-likeness (QED) is 0.780. The molecule has 0 saturated carbocycles. The van der Waals surface area contributed by atoms with Gasteiger partial charge in [0.1, 0.15) is 5.75 Å². The van der Waals surface area contributed by atoms with Gasteiger partial charge in [-0.3, -0.25) is 0 Å². The summed E-state index contributed by atoms with van der Waals surface area (Å²) in [5, 5.41) is 9.75. The minimum atomic E-state index is 0.356. The molecule has 1 rings (SSSR count). The van der Waals surface area contributed by atoms with Gasteiger partial charge in [-0.25, -0.2) is 0 Å². The van der Waals surface area contributed by atoms with Crippen molar-refractivity contribution in [3.63, 3.8) is 0 Å². The Labute approximate surface area is 86.2 Å². The van der Waals surface area contributed by atoms with Gasteiger partial charge in [0.15, 0.2) is 0 Å². The number of aromatic hydroxyl groups is 1. The Morgan fingerprint density at radius 1 is 1.21 bits per heavy atom. The van der Waals surface area contributed by atoms with Crippen molar-refractivity contribution < 1.29 is 5.11 Å². The number of benzene rings is 1. The number of hydrogen-bond donors (Lipinski definition) is 1. The zero-order chi connectivity index (χ0) is 10.9. The summed E-state index contributed by atoms with van der Waals surface area (Å²) in [4.78, 5) is 2.07. The number of phenols is 1. The third-order valence-corrected chi connectivity index (χ3v) is 2.45. The van der Waals surface area contributed by atoms with Crippen LogP contribution in [0.3, 0.4) is 0 Å². The molecule has 0 fully saturated rings. The Morgan fingerprint density at radius 2 is 1.79 bits per heavy atom. The summed E-state index contributed by atoms with van der Waals surface area (Å²) in [6.45, 7) is 6.19. The lowest BCUT2D eigenvalue weighted by molar-refractivity contribution is 0.464. The average Bonchev–Trinajstić information content (AvgIpc) is 2.02. The van der Waals surface area contributed by atoms with Crippen LogP contribution in [0, 0.1) is 6.92 Å². The van der Waals surface area contributed by atoms with Crippen LogP contribution in [-0.4, -0.2) is 19.2 Å². The van der Waals surface area contributed by atoms with E-state index in [4.69, 9.17) is 0 Å². The minimum absolute atomic E-state index is 0.356. The standard InChI is InChI=1S/C12H19NO/c1-8(2)10-7-11(13(4)5)9(3)6-12(10)14/h6-8,14H,1-5H3. The number of hydrogen-bond acceptors (Lipinski definition) is 2. The van der Waals surface area contributed by atoms with E-state index in [2.05, 4.69) is 24.8 Å². The molecule has 1 aromatic carbocycles. The third kappa shape index (κ3) is 2.00. The normalized spacial score (nSPS) is 10.7. The van der Waals surface area contributed by atoms with Gasteiger partial charge in [-0.05, 0) is 36.1 Å². The molecule has 1 aromatic rings. The summed E-state index contributed by atoms with van der Waals surface area (Å²) < 4.78 is 0. The Balaban J connectivity index is 3.27. The van der Waals surface area contributed by atoms with Gasteiger partial charge >= 0.3 is 0 Å². The van der Waals surface area contributed by atoms with Crippen LogP contribution in [0.2, 0.25) is 0 Å². The molecule has 0 amide bonds. The Morgan fingerprint density at radius 3 is 2.21 bits per heavy atom. The molecule has 0 bridgehead atoms. The SMILES string of the molecule is Cc1cc(O)c(C(C)C)cc1N(C)C. The van der Waals surface area contributed by atoms with Gasteiger partial charge in [0.25, 0.3) is 0 Å². The van der Waals surface area contributed by atoms with E-state index in [0.717, 1.165) is 11.1 Å². The number of nitrogens with zero attached hydrogens (tertiary/aromatic N) is 1. The first-order valence-corrected chi connectivity index (χ1v) is 4.94. The number of anilines is 1. The van der Waals surface area contributed by atoms with Crippen LogP contribution in [0.4, 0.5) is 5.69 Å². The highest BCUT2D eigenvalue weighted by molar-refractivity contribution is 5.58. The summed E-state index contributed by atoms with van der Waals surface area (Å²) in [6.07, 6.45) is 0. The number of phenolic OH excluding ortho intramolecular Hbond substituents is 1. The molecule has 0 aliphatic heterocycles. The smallest absolute Gasteiger partial charge is 0.119 e. The molecule has 2 heteroatoms. The van der Waals surface area contributed by atoms with Crippen molar-refractivity contribution in [1.82, 2.24) is 0 Å². The van der Waals surface area contributed by atoms with Gasteiger partial charge in [-0.15, -0.1) is 0 Å². The zero-order valence-corrected chi connectivity index (χ0v) is 9.63. The molecule has 0 aromatic heterocycles. The van der Waals surface area contributed by atoms with Crippen LogP contribution in [0.1, 0.15) is 30.9 Å². The van der Waals surface area contributed by atoms with E-state index in [9.17, 15) is 5.11 Å². The van der Waals surface area contributed by atoms with Gasteiger partial charge in [-0.1, -0.05) is 13.8 Å².